The summed E-state index contributed by atoms with van der Waals surface area (Å²) in [6.45, 7) is 9.74. The Bertz CT molecular complexity index is 390. The maximum absolute atomic E-state index is 11.0. The van der Waals surface area contributed by atoms with E-state index in [9.17, 15) is 4.79 Å². The van der Waals surface area contributed by atoms with E-state index in [0.29, 0.717) is 0 Å². The minimum Gasteiger partial charge on any atom is -0.444 e. The number of nitrogens with one attached hydrogen (secondary N) is 1. The molecule has 1 aromatic rings. The van der Waals surface area contributed by atoms with Gasteiger partial charge in [0, 0.05) is 13.1 Å². The van der Waals surface area contributed by atoms with Crippen LogP contribution >= 0.6 is 0 Å². The number of aliphatic hydroxyl groups is 1. The molecule has 0 radical (unpaired) electrons. The first-order valence-corrected chi connectivity index (χ1v) is 7.02. The first kappa shape index (κ1) is 19.4. The summed E-state index contributed by atoms with van der Waals surface area (Å²) in [5.41, 5.74) is 7.29. The number of carbonyl (C=O) groups excluding carboxylic acids is 1. The first-order chi connectivity index (χ1) is 9.64. The van der Waals surface area contributed by atoms with E-state index < -0.39 is 17.8 Å². The van der Waals surface area contributed by atoms with Crippen molar-refractivity contribution in [2.24, 2.45) is 5.73 Å². The number of nitrogens with two attached hydrogens (primary N) is 1. The lowest BCUT2D eigenvalue weighted by Gasteiger charge is -2.20. The molecule has 0 aliphatic heterocycles. The van der Waals surface area contributed by atoms with Crippen LogP contribution in [0, 0.1) is 13.8 Å². The Morgan fingerprint density at radius 3 is 2.00 bits per heavy atom. The van der Waals surface area contributed by atoms with Crippen molar-refractivity contribution in [1.29, 1.82) is 0 Å². The van der Waals surface area contributed by atoms with Crippen LogP contribution in [0.3, 0.4) is 0 Å². The van der Waals surface area contributed by atoms with Gasteiger partial charge in [-0.3, -0.25) is 0 Å². The average molecular weight is 296 g/mol. The van der Waals surface area contributed by atoms with E-state index in [4.69, 9.17) is 15.6 Å². The second-order valence-corrected chi connectivity index (χ2v) is 5.93. The van der Waals surface area contributed by atoms with Crippen molar-refractivity contribution >= 4 is 6.09 Å². The van der Waals surface area contributed by atoms with Crippen LogP contribution in [-0.4, -0.2) is 36.0 Å². The molecule has 0 fully saturated rings. The molecule has 1 atom stereocenters. The fourth-order valence-electron chi connectivity index (χ4n) is 1.24. The third kappa shape index (κ3) is 11.9. The van der Waals surface area contributed by atoms with Crippen molar-refractivity contribution in [3.05, 3.63) is 35.4 Å². The molecule has 1 aromatic carbocycles. The summed E-state index contributed by atoms with van der Waals surface area (Å²) in [7, 11) is 0. The molecule has 1 rings (SSSR count). The predicted octanol–water partition coefficient (Wildman–Crippen LogP) is 2.13. The van der Waals surface area contributed by atoms with E-state index in [-0.39, 0.29) is 13.1 Å². The number of aliphatic hydroxyl groups excluding tert-OH is 1. The van der Waals surface area contributed by atoms with Gasteiger partial charge in [0.2, 0.25) is 0 Å². The van der Waals surface area contributed by atoms with E-state index in [1.165, 1.54) is 11.1 Å². The topological polar surface area (TPSA) is 84.6 Å². The average Bonchev–Trinajstić information content (AvgIpc) is 2.38. The number of hydrogen-bond donors (Lipinski definition) is 3. The van der Waals surface area contributed by atoms with Gasteiger partial charge in [0.05, 0.1) is 6.10 Å². The van der Waals surface area contributed by atoms with Gasteiger partial charge < -0.3 is 20.9 Å². The van der Waals surface area contributed by atoms with Gasteiger partial charge in [-0.2, -0.15) is 0 Å². The molecule has 0 heterocycles. The van der Waals surface area contributed by atoms with Crippen molar-refractivity contribution in [2.75, 3.05) is 13.1 Å². The normalized spacial score (nSPS) is 12.0. The van der Waals surface area contributed by atoms with Crippen LogP contribution in [0.4, 0.5) is 4.79 Å². The molecule has 0 aromatic heterocycles. The number of aryl methyl sites for hydroxylation is 2. The largest absolute Gasteiger partial charge is 0.444 e. The molecule has 120 valence electrons. The maximum Gasteiger partial charge on any atom is 0.407 e. The third-order valence-electron chi connectivity index (χ3n) is 2.37. The van der Waals surface area contributed by atoms with Gasteiger partial charge in [0.15, 0.2) is 0 Å². The quantitative estimate of drug-likeness (QED) is 0.798. The standard InChI is InChI=1S/C8H18N2O3.C8H10/c1-8(2,3)13-7(12)10-5-6(11)4-9;1-7-3-5-8(2)6-4-7/h6,11H,4-5,9H2,1-3H3,(H,10,12);3-6H,1-2H3. The molecule has 5 nitrogen and oxygen atoms in total. The summed E-state index contributed by atoms with van der Waals surface area (Å²) in [5, 5.41) is 11.4. The number of rotatable bonds is 3. The van der Waals surface area contributed by atoms with Crippen LogP contribution in [0.1, 0.15) is 31.9 Å². The fraction of sp³-hybridized carbons (Fsp3) is 0.562. The van der Waals surface area contributed by atoms with Gasteiger partial charge in [-0.1, -0.05) is 35.4 Å². The van der Waals surface area contributed by atoms with Gasteiger partial charge in [-0.15, -0.1) is 0 Å². The summed E-state index contributed by atoms with van der Waals surface area (Å²) in [4.78, 5) is 11.0. The SMILES string of the molecule is CC(C)(C)OC(=O)NCC(O)CN.Cc1ccc(C)cc1. The second-order valence-electron chi connectivity index (χ2n) is 5.93. The Labute approximate surface area is 127 Å². The molecule has 5 heteroatoms. The molecule has 0 spiro atoms. The number of alkyl carbamates (subject to hydrolysis) is 1. The molecule has 0 aliphatic carbocycles. The zero-order chi connectivity index (χ0) is 16.5. The van der Waals surface area contributed by atoms with Gasteiger partial charge in [0.25, 0.3) is 0 Å². The number of benzene rings is 1. The third-order valence-corrected chi connectivity index (χ3v) is 2.37. The molecule has 0 aliphatic rings. The molecule has 4 N–H and O–H groups in total. The first-order valence-electron chi connectivity index (χ1n) is 7.02. The summed E-state index contributed by atoms with van der Waals surface area (Å²) in [6.07, 6.45) is -1.26. The van der Waals surface area contributed by atoms with E-state index in [1.54, 1.807) is 20.8 Å². The van der Waals surface area contributed by atoms with Crippen LogP contribution < -0.4 is 11.1 Å². The zero-order valence-electron chi connectivity index (χ0n) is 13.6. The molecule has 0 saturated carbocycles. The summed E-state index contributed by atoms with van der Waals surface area (Å²) >= 11 is 0. The molecule has 0 saturated heterocycles. The van der Waals surface area contributed by atoms with E-state index in [0.717, 1.165) is 0 Å². The van der Waals surface area contributed by atoms with Crippen molar-refractivity contribution < 1.29 is 14.6 Å². The highest BCUT2D eigenvalue weighted by atomic mass is 16.6. The number of amides is 1. The van der Waals surface area contributed by atoms with Crippen LogP contribution in [0.5, 0.6) is 0 Å². The highest BCUT2D eigenvalue weighted by Crippen LogP contribution is 2.06. The van der Waals surface area contributed by atoms with Gasteiger partial charge in [-0.05, 0) is 34.6 Å². The lowest BCUT2D eigenvalue weighted by Crippen LogP contribution is -2.39. The Hall–Kier alpha value is -1.59. The molecular formula is C16H28N2O3. The Morgan fingerprint density at radius 2 is 1.67 bits per heavy atom. The number of carbonyl (C=O) groups is 1. The number of ether oxygens (including phenoxy) is 1. The van der Waals surface area contributed by atoms with E-state index >= 15 is 0 Å². The van der Waals surface area contributed by atoms with Gasteiger partial charge in [0.1, 0.15) is 5.60 Å². The number of hydrogen-bond acceptors (Lipinski definition) is 4. The zero-order valence-corrected chi connectivity index (χ0v) is 13.6. The predicted molar refractivity (Wildman–Crippen MR) is 85.2 cm³/mol. The van der Waals surface area contributed by atoms with E-state index in [1.807, 2.05) is 0 Å². The Kier molecular flexibility index (Phi) is 8.66. The second kappa shape index (κ2) is 9.37. The molecule has 1 unspecified atom stereocenters. The Morgan fingerprint density at radius 1 is 1.24 bits per heavy atom. The summed E-state index contributed by atoms with van der Waals surface area (Å²) in [6, 6.07) is 8.48. The lowest BCUT2D eigenvalue weighted by atomic mass is 10.2. The fourth-order valence-corrected chi connectivity index (χ4v) is 1.24. The molecule has 0 bridgehead atoms. The van der Waals surface area contributed by atoms with Crippen LogP contribution in [0.25, 0.3) is 0 Å². The smallest absolute Gasteiger partial charge is 0.407 e. The van der Waals surface area contributed by atoms with Crippen LogP contribution in [0.2, 0.25) is 0 Å². The minimum absolute atomic E-state index is 0.116. The molecule has 21 heavy (non-hydrogen) atoms. The minimum atomic E-state index is -0.715. The highest BCUT2D eigenvalue weighted by Gasteiger charge is 2.16. The summed E-state index contributed by atoms with van der Waals surface area (Å²) < 4.78 is 4.93. The summed E-state index contributed by atoms with van der Waals surface area (Å²) in [5.74, 6) is 0. The lowest BCUT2D eigenvalue weighted by molar-refractivity contribution is 0.0495. The monoisotopic (exact) mass is 296 g/mol. The van der Waals surface area contributed by atoms with Crippen molar-refractivity contribution in [3.63, 3.8) is 0 Å². The Balaban J connectivity index is 0.000000423. The van der Waals surface area contributed by atoms with Crippen molar-refractivity contribution in [2.45, 2.75) is 46.3 Å². The molecular weight excluding hydrogens is 268 g/mol. The van der Waals surface area contributed by atoms with Crippen molar-refractivity contribution in [1.82, 2.24) is 5.32 Å². The van der Waals surface area contributed by atoms with Gasteiger partial charge >= 0.3 is 6.09 Å². The van der Waals surface area contributed by atoms with Crippen molar-refractivity contribution in [3.8, 4) is 0 Å². The van der Waals surface area contributed by atoms with Crippen LogP contribution in [0.15, 0.2) is 24.3 Å². The maximum atomic E-state index is 11.0. The molecule has 1 amide bonds. The van der Waals surface area contributed by atoms with Crippen LogP contribution in [-0.2, 0) is 4.74 Å². The highest BCUT2D eigenvalue weighted by molar-refractivity contribution is 5.67. The van der Waals surface area contributed by atoms with E-state index in [2.05, 4.69) is 43.4 Å². The van der Waals surface area contributed by atoms with Gasteiger partial charge in [-0.25, -0.2) is 4.79 Å².